The Labute approximate surface area is 566 Å². The molecule has 0 aromatic rings. The monoisotopic (exact) mass is 1360 g/mol. The fraction of sp³-hybridized carbons (Fsp3) is 0.595. The second-order valence-electron chi connectivity index (χ2n) is 28.8. The van der Waals surface area contributed by atoms with Gasteiger partial charge in [-0.25, -0.2) is 9.59 Å². The lowest BCUT2D eigenvalue weighted by Crippen LogP contribution is -2.33. The summed E-state index contributed by atoms with van der Waals surface area (Å²) in [6.45, 7) is 20.1. The van der Waals surface area contributed by atoms with E-state index in [1.54, 1.807) is 0 Å². The molecule has 24 unspecified atom stereocenters. The molecule has 0 spiro atoms. The molecule has 24 atom stereocenters. The van der Waals surface area contributed by atoms with Crippen molar-refractivity contribution in [1.29, 1.82) is 0 Å². The van der Waals surface area contributed by atoms with Gasteiger partial charge in [0.05, 0.1) is 66.1 Å². The van der Waals surface area contributed by atoms with E-state index in [1.807, 2.05) is 18.2 Å². The molecule has 19 aliphatic rings. The molecule has 24 heteroatoms. The first kappa shape index (κ1) is 70.6. The van der Waals surface area contributed by atoms with E-state index < -0.39 is 41.9 Å². The number of hydrogen-bond acceptors (Lipinski definition) is 23. The molecule has 98 heavy (non-hydrogen) atoms. The number of allylic oxidation sites excluding steroid dienone is 10. The van der Waals surface area contributed by atoms with Crippen LogP contribution in [-0.2, 0) is 110 Å². The van der Waals surface area contributed by atoms with Crippen LogP contribution in [0, 0.1) is 136 Å². The van der Waals surface area contributed by atoms with Crippen LogP contribution < -0.4 is 0 Å². The van der Waals surface area contributed by atoms with Crippen LogP contribution in [0.25, 0.3) is 0 Å². The molecule has 0 aromatic carbocycles. The number of carboxylic acid groups (broad SMARTS) is 1. The molecule has 7 saturated heterocycles. The lowest BCUT2D eigenvalue weighted by atomic mass is 9.80. The van der Waals surface area contributed by atoms with Crippen molar-refractivity contribution in [2.45, 2.75) is 136 Å². The quantitative estimate of drug-likeness (QED) is 0.0907. The zero-order valence-electron chi connectivity index (χ0n) is 54.9. The van der Waals surface area contributed by atoms with Gasteiger partial charge in [0, 0.05) is 35.8 Å². The summed E-state index contributed by atoms with van der Waals surface area (Å²) in [5.41, 5.74) is 0. The molecule has 8 bridgehead atoms. The first-order valence-electron chi connectivity index (χ1n) is 34.5. The zero-order valence-corrected chi connectivity index (χ0v) is 54.9. The van der Waals surface area contributed by atoms with Gasteiger partial charge in [-0.1, -0.05) is 95.9 Å². The van der Waals surface area contributed by atoms with Gasteiger partial charge in [-0.2, -0.15) is 0 Å². The van der Waals surface area contributed by atoms with E-state index in [2.05, 4.69) is 77.3 Å². The zero-order chi connectivity index (χ0) is 70.1. The number of carboxylic acids is 1. The van der Waals surface area contributed by atoms with Crippen molar-refractivity contribution in [1.82, 2.24) is 0 Å². The maximum Gasteiger partial charge on any atom is 0.338 e. The lowest BCUT2D eigenvalue weighted by molar-refractivity contribution is -0.156. The van der Waals surface area contributed by atoms with Gasteiger partial charge in [0.15, 0.2) is 0 Å². The van der Waals surface area contributed by atoms with Crippen LogP contribution in [0.1, 0.15) is 129 Å². The predicted molar refractivity (Wildman–Crippen MR) is 335 cm³/mol. The van der Waals surface area contributed by atoms with Gasteiger partial charge in [0.25, 0.3) is 6.47 Å². The van der Waals surface area contributed by atoms with Crippen LogP contribution in [0.4, 0.5) is 0 Å². The number of esters is 12. The summed E-state index contributed by atoms with van der Waals surface area (Å²) in [5, 5.41) is 8.74. The SMILES string of the molecule is C=C1OC(=O)C2C3C=CC(C3C)C12.C=C1OC(=O)C2C3CCC(C3)C12.C=C1OC(=O)C2C3CCC(C3C)C12.C=C1OC(=O)C2CC=CCC12.O=C1C=CC(=O)O1.O=C1CCC(=O)O1.O=C1OC(=O)C2C3C=CC(C3)C12.O=C1OC(=O)C2CCCCC12.O=COC1CCCCC1C(=O)O. The highest BCUT2D eigenvalue weighted by Gasteiger charge is 2.62. The topological polar surface area (TPSA) is 342 Å². The average Bonchev–Trinajstić information content (AvgIpc) is 1.58. The Bertz CT molecular complexity index is 3300. The minimum Gasteiger partial charge on any atom is -0.481 e. The third-order valence-corrected chi connectivity index (χ3v) is 23.7. The smallest absolute Gasteiger partial charge is 0.338 e. The van der Waals surface area contributed by atoms with E-state index in [0.717, 1.165) is 81.5 Å². The molecule has 0 radical (unpaired) electrons. The molecule has 11 aliphatic carbocycles. The van der Waals surface area contributed by atoms with Gasteiger partial charge in [0.2, 0.25) is 0 Å². The largest absolute Gasteiger partial charge is 0.481 e. The van der Waals surface area contributed by atoms with Crippen molar-refractivity contribution in [3.05, 3.63) is 98.0 Å². The van der Waals surface area contributed by atoms with Crippen LogP contribution in [-0.4, -0.2) is 95.3 Å². The summed E-state index contributed by atoms with van der Waals surface area (Å²) in [5.74, 6) is 4.81. The highest BCUT2D eigenvalue weighted by molar-refractivity contribution is 6.05. The number of hydrogen-bond donors (Lipinski definition) is 1. The summed E-state index contributed by atoms with van der Waals surface area (Å²) in [6, 6.07) is 0. The minimum absolute atomic E-state index is 0.00259. The van der Waals surface area contributed by atoms with E-state index >= 15 is 0 Å². The Morgan fingerprint density at radius 1 is 0.439 bits per heavy atom. The maximum atomic E-state index is 11.5. The number of aliphatic carboxylic acids is 1. The number of carbonyl (C=O) groups excluding carboxylic acids is 13. The van der Waals surface area contributed by atoms with Gasteiger partial charge >= 0.3 is 77.6 Å². The molecule has 524 valence electrons. The molecule has 15 fully saturated rings. The highest BCUT2D eigenvalue weighted by atomic mass is 16.6. The Hall–Kier alpha value is -8.70. The van der Waals surface area contributed by atoms with Crippen LogP contribution in [0.3, 0.4) is 0 Å². The van der Waals surface area contributed by atoms with Crippen molar-refractivity contribution in [3.8, 4) is 0 Å². The first-order chi connectivity index (χ1) is 46.8. The van der Waals surface area contributed by atoms with Gasteiger partial charge in [0.1, 0.15) is 29.1 Å². The molecule has 0 amide bonds. The molecular weight excluding hydrogens is 1270 g/mol. The molecule has 8 saturated carbocycles. The Morgan fingerprint density at radius 3 is 1.40 bits per heavy atom. The molecular formula is C74H84O24. The van der Waals surface area contributed by atoms with Gasteiger partial charge in [-0.15, -0.1) is 0 Å². The number of ether oxygens (including phenoxy) is 9. The molecule has 1 N–H and O–H groups in total. The van der Waals surface area contributed by atoms with Crippen LogP contribution >= 0.6 is 0 Å². The van der Waals surface area contributed by atoms with Crippen LogP contribution in [0.15, 0.2) is 98.0 Å². The minimum atomic E-state index is -0.860. The number of carbonyl (C=O) groups is 14. The first-order valence-corrected chi connectivity index (χ1v) is 34.5. The van der Waals surface area contributed by atoms with Crippen molar-refractivity contribution in [2.24, 2.45) is 136 Å². The van der Waals surface area contributed by atoms with Crippen molar-refractivity contribution in [2.75, 3.05) is 0 Å². The standard InChI is InChI=1S/C11H14O2.C11H12O2.C10H12O2.C9H8O3.C9H10O2.C8H12O4.C8H10O3.C4H4O3.C4H2O3/c2*1-5-7-3-4-8(5)10-9(7)6(2)13-11(10)12;1-5-8-6-2-3-7(4-6)9(8)10(11)12-5;10-8-6-4-1-2-5(3-4)7(6)9(11)12-8;1-6-7-4-2-3-5-8(7)9(10)11-6;9-5-12-7-4-2-1-3-6(7)8(10)11;9-7-5-3-1-2-4-6(5)8(10)11-7;2*5-3-1-2-4(6)7-3/h5,7-10H,2-4H2,1H3;3-5,7-10H,2H2,1H3;6-9H,1-4H2;1-2,4-7H,3H2;2-3,7-8H,1,4-5H2;5-7H,1-4H2,(H,10,11);5-6H,1-4H2;1-2H2;1-2H. The molecule has 8 heterocycles. The van der Waals surface area contributed by atoms with E-state index in [0.29, 0.717) is 90.0 Å². The second kappa shape index (κ2) is 29.8. The van der Waals surface area contributed by atoms with E-state index in [4.69, 9.17) is 28.8 Å². The van der Waals surface area contributed by atoms with Crippen LogP contribution in [0.5, 0.6) is 0 Å². The maximum absolute atomic E-state index is 11.5. The molecule has 24 nitrogen and oxygen atoms in total. The normalized spacial score (nSPS) is 40.1. The van der Waals surface area contributed by atoms with Crippen molar-refractivity contribution in [3.63, 3.8) is 0 Å². The van der Waals surface area contributed by atoms with E-state index in [-0.39, 0.29) is 132 Å². The van der Waals surface area contributed by atoms with Crippen LogP contribution in [0.2, 0.25) is 0 Å². The summed E-state index contributed by atoms with van der Waals surface area (Å²) in [6.07, 6.45) is 30.8. The summed E-state index contributed by atoms with van der Waals surface area (Å²) in [7, 11) is 0. The second-order valence-corrected chi connectivity index (χ2v) is 28.8. The Morgan fingerprint density at radius 2 is 0.898 bits per heavy atom. The van der Waals surface area contributed by atoms with Gasteiger partial charge < -0.3 is 47.7 Å². The molecule has 19 rings (SSSR count). The third-order valence-electron chi connectivity index (χ3n) is 23.7. The summed E-state index contributed by atoms with van der Waals surface area (Å²) in [4.78, 5) is 150. The lowest BCUT2D eigenvalue weighted by Gasteiger charge is -2.26. The number of fused-ring (bicyclic) bond motifs is 22. The Balaban J connectivity index is 0.000000112. The fourth-order valence-electron chi connectivity index (χ4n) is 19.1. The molecule has 0 aromatic heterocycles. The van der Waals surface area contributed by atoms with E-state index in [9.17, 15) is 67.1 Å². The fourth-order valence-corrected chi connectivity index (χ4v) is 19.1. The number of rotatable bonds is 3. The van der Waals surface area contributed by atoms with Gasteiger partial charge in [-0.05, 0) is 143 Å². The number of cyclic esters (lactones) is 12. The van der Waals surface area contributed by atoms with Crippen molar-refractivity contribution < 1.29 is 115 Å². The molecule has 8 aliphatic heterocycles. The third kappa shape index (κ3) is 14.3. The highest BCUT2D eigenvalue weighted by Crippen LogP contribution is 2.62. The van der Waals surface area contributed by atoms with E-state index in [1.165, 1.54) is 32.1 Å². The average molecular weight is 1360 g/mol. The Kier molecular flexibility index (Phi) is 21.5. The van der Waals surface area contributed by atoms with Gasteiger partial charge in [-0.3, -0.25) is 57.5 Å². The summed E-state index contributed by atoms with van der Waals surface area (Å²) < 4.78 is 42.1. The van der Waals surface area contributed by atoms with Crippen molar-refractivity contribution >= 4 is 84.1 Å². The predicted octanol–water partition coefficient (Wildman–Crippen LogP) is 8.73. The summed E-state index contributed by atoms with van der Waals surface area (Å²) >= 11 is 0.